The summed E-state index contributed by atoms with van der Waals surface area (Å²) < 4.78 is 1.88. The molecule has 0 atom stereocenters. The number of para-hydroxylation sites is 2. The molecule has 0 radical (unpaired) electrons. The molecular formula is C20H21N5. The monoisotopic (exact) mass is 331 g/mol. The van der Waals surface area contributed by atoms with Crippen LogP contribution in [-0.2, 0) is 6.42 Å². The van der Waals surface area contributed by atoms with Crippen molar-refractivity contribution in [1.29, 1.82) is 0 Å². The molecule has 0 saturated carbocycles. The summed E-state index contributed by atoms with van der Waals surface area (Å²) in [7, 11) is 4.11. The van der Waals surface area contributed by atoms with Gasteiger partial charge in [-0.15, -0.1) is 0 Å². The molecule has 2 aromatic carbocycles. The van der Waals surface area contributed by atoms with Gasteiger partial charge in [0.15, 0.2) is 0 Å². The second-order valence-electron chi connectivity index (χ2n) is 6.57. The Morgan fingerprint density at radius 2 is 1.84 bits per heavy atom. The van der Waals surface area contributed by atoms with Crippen molar-refractivity contribution < 1.29 is 0 Å². The highest BCUT2D eigenvalue weighted by atomic mass is 15.1. The summed E-state index contributed by atoms with van der Waals surface area (Å²) in [6, 6.07) is 14.5. The Bertz CT molecular complexity index is 1080. The highest BCUT2D eigenvalue weighted by Crippen LogP contribution is 2.25. The first-order valence-electron chi connectivity index (χ1n) is 8.32. The van der Waals surface area contributed by atoms with Gasteiger partial charge in [0, 0.05) is 37.8 Å². The molecular weight excluding hydrogens is 310 g/mol. The quantitative estimate of drug-likeness (QED) is 0.625. The van der Waals surface area contributed by atoms with Gasteiger partial charge < -0.3 is 10.6 Å². The van der Waals surface area contributed by atoms with E-state index in [2.05, 4.69) is 54.3 Å². The van der Waals surface area contributed by atoms with E-state index in [9.17, 15) is 0 Å². The third kappa shape index (κ3) is 2.58. The van der Waals surface area contributed by atoms with Gasteiger partial charge in [-0.1, -0.05) is 30.3 Å². The van der Waals surface area contributed by atoms with Crippen LogP contribution in [-0.4, -0.2) is 28.5 Å². The second kappa shape index (κ2) is 5.77. The lowest BCUT2D eigenvalue weighted by Gasteiger charge is -2.16. The lowest BCUT2D eigenvalue weighted by molar-refractivity contribution is 1.06. The number of nitrogens with zero attached hydrogens (tertiary/aromatic N) is 4. The van der Waals surface area contributed by atoms with Crippen LogP contribution >= 0.6 is 0 Å². The molecule has 0 bridgehead atoms. The fourth-order valence-electron chi connectivity index (χ4n) is 3.33. The second-order valence-corrected chi connectivity index (χ2v) is 6.57. The molecule has 0 spiro atoms. The van der Waals surface area contributed by atoms with Crippen LogP contribution in [0.3, 0.4) is 0 Å². The first-order valence-corrected chi connectivity index (χ1v) is 8.32. The highest BCUT2D eigenvalue weighted by Gasteiger charge is 2.13. The maximum atomic E-state index is 6.18. The molecule has 0 aliphatic heterocycles. The molecule has 0 unspecified atom stereocenters. The van der Waals surface area contributed by atoms with Gasteiger partial charge in [-0.3, -0.25) is 4.40 Å². The number of imidazole rings is 1. The van der Waals surface area contributed by atoms with Crippen LogP contribution in [0.25, 0.3) is 16.6 Å². The predicted molar refractivity (Wildman–Crippen MR) is 103 cm³/mol. The Morgan fingerprint density at radius 1 is 1.04 bits per heavy atom. The minimum Gasteiger partial charge on any atom is -0.377 e. The van der Waals surface area contributed by atoms with Crippen molar-refractivity contribution in [2.75, 3.05) is 24.7 Å². The number of hydrogen-bond acceptors (Lipinski definition) is 4. The van der Waals surface area contributed by atoms with Gasteiger partial charge in [-0.2, -0.15) is 0 Å². The summed E-state index contributed by atoms with van der Waals surface area (Å²) in [6.07, 6.45) is 2.74. The first kappa shape index (κ1) is 15.4. The van der Waals surface area contributed by atoms with Crippen molar-refractivity contribution in [3.05, 3.63) is 65.5 Å². The van der Waals surface area contributed by atoms with Gasteiger partial charge in [-0.05, 0) is 30.2 Å². The van der Waals surface area contributed by atoms with E-state index in [0.29, 0.717) is 5.95 Å². The van der Waals surface area contributed by atoms with Crippen LogP contribution in [0.2, 0.25) is 0 Å². The molecule has 5 nitrogen and oxygen atoms in total. The van der Waals surface area contributed by atoms with Crippen LogP contribution < -0.4 is 10.6 Å². The minimum atomic E-state index is 0.469. The van der Waals surface area contributed by atoms with Crippen LogP contribution in [0.1, 0.15) is 16.8 Å². The number of fused-ring (bicyclic) bond motifs is 3. The van der Waals surface area contributed by atoms with E-state index in [1.165, 1.54) is 11.3 Å². The lowest BCUT2D eigenvalue weighted by Crippen LogP contribution is -2.11. The van der Waals surface area contributed by atoms with Crippen molar-refractivity contribution in [2.24, 2.45) is 0 Å². The molecule has 2 aromatic heterocycles. The van der Waals surface area contributed by atoms with Crippen molar-refractivity contribution >= 4 is 28.2 Å². The average Bonchev–Trinajstić information content (AvgIpc) is 3.01. The predicted octanol–water partition coefficient (Wildman–Crippen LogP) is 3.43. The normalized spacial score (nSPS) is 11.3. The molecule has 0 amide bonds. The zero-order chi connectivity index (χ0) is 17.6. The van der Waals surface area contributed by atoms with Crippen molar-refractivity contribution in [3.8, 4) is 0 Å². The maximum absolute atomic E-state index is 6.18. The van der Waals surface area contributed by atoms with Gasteiger partial charge in [0.25, 0.3) is 0 Å². The maximum Gasteiger partial charge on any atom is 0.206 e. The summed E-state index contributed by atoms with van der Waals surface area (Å²) in [5.74, 6) is 0.469. The Balaban J connectivity index is 1.87. The van der Waals surface area contributed by atoms with Gasteiger partial charge in [0.05, 0.1) is 11.2 Å². The first-order chi connectivity index (χ1) is 12.0. The molecule has 5 heteroatoms. The molecule has 4 aromatic rings. The zero-order valence-electron chi connectivity index (χ0n) is 14.7. The Kier molecular flexibility index (Phi) is 3.57. The van der Waals surface area contributed by atoms with Crippen LogP contribution in [0.15, 0.2) is 48.7 Å². The fourth-order valence-corrected chi connectivity index (χ4v) is 3.33. The summed E-state index contributed by atoms with van der Waals surface area (Å²) in [5.41, 5.74) is 12.5. The molecule has 2 N–H and O–H groups in total. The van der Waals surface area contributed by atoms with Gasteiger partial charge in [-0.25, -0.2) is 9.97 Å². The lowest BCUT2D eigenvalue weighted by atomic mass is 10.1. The van der Waals surface area contributed by atoms with Crippen molar-refractivity contribution in [3.63, 3.8) is 0 Å². The number of anilines is 2. The van der Waals surface area contributed by atoms with E-state index in [-0.39, 0.29) is 0 Å². The van der Waals surface area contributed by atoms with Crippen LogP contribution in [0.5, 0.6) is 0 Å². The third-order valence-electron chi connectivity index (χ3n) is 4.55. The standard InChI is InChI=1S/C20H21N5/c1-13-7-6-9-16-18(13)23-20(21)25-12-15(22-19(16)25)11-14-8-4-5-10-17(14)24(2)3/h4-10,12H,11H2,1-3H3,(H2,21,23). The Labute approximate surface area is 146 Å². The molecule has 0 saturated heterocycles. The smallest absolute Gasteiger partial charge is 0.206 e. The zero-order valence-corrected chi connectivity index (χ0v) is 14.7. The number of aromatic nitrogens is 3. The number of nitrogen functional groups attached to an aromatic ring is 1. The molecule has 126 valence electrons. The van der Waals surface area contributed by atoms with E-state index >= 15 is 0 Å². The van der Waals surface area contributed by atoms with E-state index in [1.807, 2.05) is 29.7 Å². The average molecular weight is 331 g/mol. The number of nitrogens with two attached hydrogens (primary N) is 1. The third-order valence-corrected chi connectivity index (χ3v) is 4.55. The van der Waals surface area contributed by atoms with E-state index in [4.69, 9.17) is 10.7 Å². The summed E-state index contributed by atoms with van der Waals surface area (Å²) >= 11 is 0. The summed E-state index contributed by atoms with van der Waals surface area (Å²) in [4.78, 5) is 11.5. The van der Waals surface area contributed by atoms with E-state index < -0.39 is 0 Å². The fraction of sp³-hybridized carbons (Fsp3) is 0.200. The Hall–Kier alpha value is -3.08. The van der Waals surface area contributed by atoms with Crippen LogP contribution in [0, 0.1) is 6.92 Å². The van der Waals surface area contributed by atoms with E-state index in [1.54, 1.807) is 0 Å². The van der Waals surface area contributed by atoms with Gasteiger partial charge in [0.1, 0.15) is 5.65 Å². The molecule has 0 aliphatic carbocycles. The number of hydrogen-bond donors (Lipinski definition) is 1. The number of aryl methyl sites for hydroxylation is 1. The summed E-state index contributed by atoms with van der Waals surface area (Å²) in [5, 5.41) is 1.03. The molecule has 0 aliphatic rings. The Morgan fingerprint density at radius 3 is 2.64 bits per heavy atom. The highest BCUT2D eigenvalue weighted by molar-refractivity contribution is 5.94. The number of rotatable bonds is 3. The molecule has 2 heterocycles. The SMILES string of the molecule is Cc1cccc2c1nc(N)n1cc(Cc3ccccc3N(C)C)nc21. The molecule has 4 rings (SSSR count). The number of benzene rings is 2. The van der Waals surface area contributed by atoms with Gasteiger partial charge >= 0.3 is 0 Å². The topological polar surface area (TPSA) is 59.4 Å². The van der Waals surface area contributed by atoms with Crippen LogP contribution in [0.4, 0.5) is 11.6 Å². The van der Waals surface area contributed by atoms with Crippen molar-refractivity contribution in [1.82, 2.24) is 14.4 Å². The van der Waals surface area contributed by atoms with E-state index in [0.717, 1.165) is 34.2 Å². The summed E-state index contributed by atoms with van der Waals surface area (Å²) in [6.45, 7) is 2.04. The van der Waals surface area contributed by atoms with Crippen molar-refractivity contribution in [2.45, 2.75) is 13.3 Å². The largest absolute Gasteiger partial charge is 0.377 e. The minimum absolute atomic E-state index is 0.469. The molecule has 25 heavy (non-hydrogen) atoms. The van der Waals surface area contributed by atoms with Gasteiger partial charge in [0.2, 0.25) is 5.95 Å². The molecule has 0 fully saturated rings.